The van der Waals surface area contributed by atoms with Gasteiger partial charge < -0.3 is 10.5 Å². The summed E-state index contributed by atoms with van der Waals surface area (Å²) in [5.74, 6) is 0.756. The summed E-state index contributed by atoms with van der Waals surface area (Å²) in [5.41, 5.74) is 7.44. The second kappa shape index (κ2) is 4.99. The SMILES string of the molecule is Nc1ccc(COc2cccnc2)c(Br)c1. The minimum absolute atomic E-state index is 0.493. The Labute approximate surface area is 102 Å². The second-order valence-corrected chi connectivity index (χ2v) is 4.18. The normalized spacial score (nSPS) is 10.1. The first kappa shape index (κ1) is 11.0. The highest BCUT2D eigenvalue weighted by molar-refractivity contribution is 9.10. The van der Waals surface area contributed by atoms with E-state index in [1.807, 2.05) is 30.3 Å². The summed E-state index contributed by atoms with van der Waals surface area (Å²) in [5, 5.41) is 0. The molecule has 0 radical (unpaired) electrons. The molecule has 0 saturated heterocycles. The molecule has 82 valence electrons. The molecule has 0 unspecified atom stereocenters. The van der Waals surface area contributed by atoms with E-state index in [4.69, 9.17) is 10.5 Å². The fourth-order valence-corrected chi connectivity index (χ4v) is 1.79. The number of hydrogen-bond acceptors (Lipinski definition) is 3. The van der Waals surface area contributed by atoms with Gasteiger partial charge in [-0.15, -0.1) is 0 Å². The Morgan fingerprint density at radius 3 is 2.88 bits per heavy atom. The molecule has 0 spiro atoms. The van der Waals surface area contributed by atoms with Crippen molar-refractivity contribution in [3.8, 4) is 5.75 Å². The lowest BCUT2D eigenvalue weighted by Gasteiger charge is -2.07. The molecule has 2 rings (SSSR count). The highest BCUT2D eigenvalue weighted by Crippen LogP contribution is 2.21. The van der Waals surface area contributed by atoms with Crippen LogP contribution in [0.15, 0.2) is 47.2 Å². The van der Waals surface area contributed by atoms with Gasteiger partial charge >= 0.3 is 0 Å². The van der Waals surface area contributed by atoms with Crippen LogP contribution < -0.4 is 10.5 Å². The molecule has 4 heteroatoms. The number of ether oxygens (including phenoxy) is 1. The molecule has 0 saturated carbocycles. The summed E-state index contributed by atoms with van der Waals surface area (Å²) in [6, 6.07) is 9.37. The van der Waals surface area contributed by atoms with Crippen LogP contribution in [-0.2, 0) is 6.61 Å². The van der Waals surface area contributed by atoms with Gasteiger partial charge in [0.25, 0.3) is 0 Å². The number of nitrogens with two attached hydrogens (primary N) is 1. The van der Waals surface area contributed by atoms with E-state index in [1.54, 1.807) is 12.4 Å². The van der Waals surface area contributed by atoms with E-state index in [-0.39, 0.29) is 0 Å². The lowest BCUT2D eigenvalue weighted by Crippen LogP contribution is -1.97. The summed E-state index contributed by atoms with van der Waals surface area (Å²) in [4.78, 5) is 3.98. The van der Waals surface area contributed by atoms with Gasteiger partial charge in [-0.25, -0.2) is 0 Å². The molecular formula is C12H11BrN2O. The number of hydrogen-bond donors (Lipinski definition) is 1. The van der Waals surface area contributed by atoms with Crippen molar-refractivity contribution in [3.63, 3.8) is 0 Å². The van der Waals surface area contributed by atoms with Gasteiger partial charge in [-0.1, -0.05) is 22.0 Å². The van der Waals surface area contributed by atoms with Crippen LogP contribution in [0.3, 0.4) is 0 Å². The van der Waals surface area contributed by atoms with Gasteiger partial charge in [0.15, 0.2) is 0 Å². The first-order valence-electron chi connectivity index (χ1n) is 4.82. The Balaban J connectivity index is 2.05. The predicted molar refractivity (Wildman–Crippen MR) is 67.1 cm³/mol. The van der Waals surface area contributed by atoms with Gasteiger partial charge in [0.2, 0.25) is 0 Å². The minimum atomic E-state index is 0.493. The summed E-state index contributed by atoms with van der Waals surface area (Å²) in [6.07, 6.45) is 3.40. The monoisotopic (exact) mass is 278 g/mol. The van der Waals surface area contributed by atoms with Crippen LogP contribution in [0.2, 0.25) is 0 Å². The molecule has 1 aromatic carbocycles. The van der Waals surface area contributed by atoms with E-state index in [0.717, 1.165) is 21.5 Å². The Kier molecular flexibility index (Phi) is 3.41. The molecule has 0 aliphatic heterocycles. The molecule has 16 heavy (non-hydrogen) atoms. The lowest BCUT2D eigenvalue weighted by atomic mass is 10.2. The zero-order valence-electron chi connectivity index (χ0n) is 8.56. The predicted octanol–water partition coefficient (Wildman–Crippen LogP) is 3.01. The molecule has 1 heterocycles. The fourth-order valence-electron chi connectivity index (χ4n) is 1.27. The Hall–Kier alpha value is -1.55. The molecule has 0 amide bonds. The van der Waals surface area contributed by atoms with Crippen molar-refractivity contribution < 1.29 is 4.74 Å². The standard InChI is InChI=1S/C12H11BrN2O/c13-12-6-10(14)4-3-9(12)8-16-11-2-1-5-15-7-11/h1-7H,8,14H2. The highest BCUT2D eigenvalue weighted by atomic mass is 79.9. The molecule has 0 fully saturated rings. The van der Waals surface area contributed by atoms with Crippen LogP contribution in [0, 0.1) is 0 Å². The maximum atomic E-state index is 5.65. The maximum absolute atomic E-state index is 5.65. The van der Waals surface area contributed by atoms with Crippen molar-refractivity contribution >= 4 is 21.6 Å². The van der Waals surface area contributed by atoms with Crippen LogP contribution in [0.1, 0.15) is 5.56 Å². The Morgan fingerprint density at radius 2 is 2.19 bits per heavy atom. The van der Waals surface area contributed by atoms with Crippen molar-refractivity contribution in [3.05, 3.63) is 52.8 Å². The van der Waals surface area contributed by atoms with Gasteiger partial charge in [-0.3, -0.25) is 4.98 Å². The molecule has 0 bridgehead atoms. The summed E-state index contributed by atoms with van der Waals surface area (Å²) >= 11 is 3.45. The third-order valence-electron chi connectivity index (χ3n) is 2.11. The Bertz CT molecular complexity index is 474. The summed E-state index contributed by atoms with van der Waals surface area (Å²) < 4.78 is 6.53. The zero-order chi connectivity index (χ0) is 11.4. The van der Waals surface area contributed by atoms with Crippen molar-refractivity contribution in [2.45, 2.75) is 6.61 Å². The average Bonchev–Trinajstić information content (AvgIpc) is 2.29. The van der Waals surface area contributed by atoms with Crippen molar-refractivity contribution in [1.29, 1.82) is 0 Å². The van der Waals surface area contributed by atoms with E-state index < -0.39 is 0 Å². The maximum Gasteiger partial charge on any atom is 0.138 e. The molecule has 3 nitrogen and oxygen atoms in total. The first-order chi connectivity index (χ1) is 7.75. The van der Waals surface area contributed by atoms with Crippen molar-refractivity contribution in [1.82, 2.24) is 4.98 Å². The lowest BCUT2D eigenvalue weighted by molar-refractivity contribution is 0.304. The number of nitrogens with zero attached hydrogens (tertiary/aromatic N) is 1. The third kappa shape index (κ3) is 2.73. The molecule has 0 atom stereocenters. The summed E-state index contributed by atoms with van der Waals surface area (Å²) in [7, 11) is 0. The number of rotatable bonds is 3. The van der Waals surface area contributed by atoms with E-state index >= 15 is 0 Å². The van der Waals surface area contributed by atoms with E-state index in [9.17, 15) is 0 Å². The number of aromatic nitrogens is 1. The zero-order valence-corrected chi connectivity index (χ0v) is 10.1. The number of nitrogen functional groups attached to an aromatic ring is 1. The topological polar surface area (TPSA) is 48.1 Å². The molecule has 2 aromatic rings. The fraction of sp³-hybridized carbons (Fsp3) is 0.0833. The van der Waals surface area contributed by atoms with Crippen LogP contribution >= 0.6 is 15.9 Å². The number of benzene rings is 1. The quantitative estimate of drug-likeness (QED) is 0.878. The van der Waals surface area contributed by atoms with Crippen LogP contribution in [-0.4, -0.2) is 4.98 Å². The van der Waals surface area contributed by atoms with E-state index in [2.05, 4.69) is 20.9 Å². The Morgan fingerprint density at radius 1 is 1.31 bits per heavy atom. The first-order valence-corrected chi connectivity index (χ1v) is 5.62. The molecule has 0 aliphatic carbocycles. The van der Waals surface area contributed by atoms with Crippen molar-refractivity contribution in [2.75, 3.05) is 5.73 Å². The van der Waals surface area contributed by atoms with Crippen LogP contribution in [0.4, 0.5) is 5.69 Å². The number of anilines is 1. The van der Waals surface area contributed by atoms with E-state index in [1.165, 1.54) is 0 Å². The number of halogens is 1. The smallest absolute Gasteiger partial charge is 0.138 e. The summed E-state index contributed by atoms with van der Waals surface area (Å²) in [6.45, 7) is 0.493. The van der Waals surface area contributed by atoms with Crippen molar-refractivity contribution in [2.24, 2.45) is 0 Å². The van der Waals surface area contributed by atoms with Gasteiger partial charge in [-0.2, -0.15) is 0 Å². The minimum Gasteiger partial charge on any atom is -0.487 e. The molecular weight excluding hydrogens is 268 g/mol. The largest absolute Gasteiger partial charge is 0.487 e. The average molecular weight is 279 g/mol. The van der Waals surface area contributed by atoms with Crippen LogP contribution in [0.5, 0.6) is 5.75 Å². The van der Waals surface area contributed by atoms with Gasteiger partial charge in [0, 0.05) is 21.9 Å². The highest BCUT2D eigenvalue weighted by Gasteiger charge is 2.01. The van der Waals surface area contributed by atoms with Gasteiger partial charge in [-0.05, 0) is 24.3 Å². The third-order valence-corrected chi connectivity index (χ3v) is 2.84. The molecule has 2 N–H and O–H groups in total. The van der Waals surface area contributed by atoms with Gasteiger partial charge in [0.05, 0.1) is 6.20 Å². The number of pyridine rings is 1. The second-order valence-electron chi connectivity index (χ2n) is 3.33. The van der Waals surface area contributed by atoms with E-state index in [0.29, 0.717) is 6.61 Å². The molecule has 0 aliphatic rings. The van der Waals surface area contributed by atoms with Gasteiger partial charge in [0.1, 0.15) is 12.4 Å². The molecule has 1 aromatic heterocycles. The van der Waals surface area contributed by atoms with Crippen LogP contribution in [0.25, 0.3) is 0 Å².